The van der Waals surface area contributed by atoms with E-state index in [1.54, 1.807) is 4.90 Å². The highest BCUT2D eigenvalue weighted by molar-refractivity contribution is 5.84. The van der Waals surface area contributed by atoms with Crippen molar-refractivity contribution in [2.45, 2.75) is 72.6 Å². The Bertz CT molecular complexity index is 598. The molecular weight excluding hydrogens is 380 g/mol. The Labute approximate surface area is 181 Å². The molecule has 0 spiro atoms. The van der Waals surface area contributed by atoms with Gasteiger partial charge in [0.25, 0.3) is 5.91 Å². The lowest BCUT2D eigenvalue weighted by Crippen LogP contribution is -2.48. The summed E-state index contributed by atoms with van der Waals surface area (Å²) in [5.41, 5.74) is 0.160. The molecule has 0 radical (unpaired) electrons. The van der Waals surface area contributed by atoms with E-state index in [4.69, 9.17) is 4.74 Å². The van der Waals surface area contributed by atoms with E-state index in [1.807, 2.05) is 0 Å². The van der Waals surface area contributed by atoms with Gasteiger partial charge in [-0.2, -0.15) is 0 Å². The number of esters is 1. The van der Waals surface area contributed by atoms with Crippen molar-refractivity contribution in [3.8, 4) is 0 Å². The van der Waals surface area contributed by atoms with Crippen molar-refractivity contribution in [2.24, 2.45) is 35.0 Å². The molecule has 4 saturated carbocycles. The summed E-state index contributed by atoms with van der Waals surface area (Å²) >= 11 is 0. The monoisotopic (exact) mass is 420 g/mol. The van der Waals surface area contributed by atoms with E-state index < -0.39 is 5.97 Å². The largest absolute Gasteiger partial charge is 0.454 e. The van der Waals surface area contributed by atoms with E-state index >= 15 is 0 Å². The zero-order chi connectivity index (χ0) is 21.9. The number of hydrogen-bond acceptors (Lipinski definition) is 4. The van der Waals surface area contributed by atoms with Crippen LogP contribution in [-0.2, 0) is 19.1 Å². The molecule has 0 aromatic rings. The maximum Gasteiger partial charge on any atom is 0.325 e. The fourth-order valence-electron chi connectivity index (χ4n) is 6.52. The Hall–Kier alpha value is -1.59. The first-order valence-electron chi connectivity index (χ1n) is 11.8. The van der Waals surface area contributed by atoms with Gasteiger partial charge >= 0.3 is 5.97 Å². The standard InChI is InChI=1S/C24H40N2O4/c1-16(2)13-26(14-17(3)4)22(28)15-30-23(29)12-25-21(27)11-24-8-18-5-19(9-24)7-20(6-18)10-24/h16-20H,5-15H2,1-4H3,(H,25,27). The zero-order valence-electron chi connectivity index (χ0n) is 19.2. The van der Waals surface area contributed by atoms with Gasteiger partial charge in [-0.15, -0.1) is 0 Å². The number of amides is 2. The molecule has 6 nitrogen and oxygen atoms in total. The lowest BCUT2D eigenvalue weighted by molar-refractivity contribution is -0.152. The maximum absolute atomic E-state index is 12.5. The van der Waals surface area contributed by atoms with Crippen molar-refractivity contribution < 1.29 is 19.1 Å². The molecule has 0 saturated heterocycles. The highest BCUT2D eigenvalue weighted by Crippen LogP contribution is 2.61. The molecule has 4 bridgehead atoms. The van der Waals surface area contributed by atoms with E-state index in [9.17, 15) is 14.4 Å². The Morgan fingerprint density at radius 1 is 0.933 bits per heavy atom. The molecule has 2 amide bonds. The van der Waals surface area contributed by atoms with E-state index in [1.165, 1.54) is 38.5 Å². The van der Waals surface area contributed by atoms with Crippen LogP contribution in [-0.4, -0.2) is 48.9 Å². The van der Waals surface area contributed by atoms with Crippen molar-refractivity contribution in [1.29, 1.82) is 0 Å². The number of nitrogens with one attached hydrogen (secondary N) is 1. The minimum absolute atomic E-state index is 0.0542. The van der Waals surface area contributed by atoms with Crippen LogP contribution in [0.15, 0.2) is 0 Å². The normalized spacial score (nSPS) is 29.3. The highest BCUT2D eigenvalue weighted by Gasteiger charge is 2.51. The Kier molecular flexibility index (Phi) is 7.46. The molecule has 0 atom stereocenters. The van der Waals surface area contributed by atoms with Gasteiger partial charge in [0.1, 0.15) is 6.54 Å². The van der Waals surface area contributed by atoms with Crippen LogP contribution in [0.1, 0.15) is 72.6 Å². The quantitative estimate of drug-likeness (QED) is 0.550. The molecule has 30 heavy (non-hydrogen) atoms. The lowest BCUT2D eigenvalue weighted by Gasteiger charge is -2.56. The van der Waals surface area contributed by atoms with Crippen molar-refractivity contribution in [2.75, 3.05) is 26.2 Å². The maximum atomic E-state index is 12.5. The van der Waals surface area contributed by atoms with Gasteiger partial charge in [0, 0.05) is 19.5 Å². The van der Waals surface area contributed by atoms with Gasteiger partial charge in [-0.25, -0.2) is 0 Å². The fourth-order valence-corrected chi connectivity index (χ4v) is 6.52. The second-order valence-corrected chi connectivity index (χ2v) is 11.1. The van der Waals surface area contributed by atoms with Crippen molar-refractivity contribution >= 4 is 17.8 Å². The predicted molar refractivity (Wildman–Crippen MR) is 115 cm³/mol. The number of nitrogens with zero attached hydrogens (tertiary/aromatic N) is 1. The number of carbonyl (C=O) groups excluding carboxylic acids is 3. The first kappa shape index (κ1) is 23.1. The van der Waals surface area contributed by atoms with Gasteiger partial charge < -0.3 is 15.0 Å². The average Bonchev–Trinajstić information content (AvgIpc) is 2.61. The van der Waals surface area contributed by atoms with Crippen LogP contribution in [0.25, 0.3) is 0 Å². The molecule has 170 valence electrons. The summed E-state index contributed by atoms with van der Waals surface area (Å²) in [5.74, 6) is 2.35. The Balaban J connectivity index is 1.39. The first-order chi connectivity index (χ1) is 14.1. The SMILES string of the molecule is CC(C)CN(CC(C)C)C(=O)COC(=O)CNC(=O)CC12CC3CC(CC(C3)C1)C2. The summed E-state index contributed by atoms with van der Waals surface area (Å²) in [7, 11) is 0. The van der Waals surface area contributed by atoms with E-state index in [0.29, 0.717) is 31.3 Å². The minimum atomic E-state index is -0.545. The summed E-state index contributed by atoms with van der Waals surface area (Å²) in [4.78, 5) is 38.8. The predicted octanol–water partition coefficient (Wildman–Crippen LogP) is 3.39. The molecule has 1 N–H and O–H groups in total. The van der Waals surface area contributed by atoms with Crippen LogP contribution in [0, 0.1) is 35.0 Å². The van der Waals surface area contributed by atoms with Crippen LogP contribution in [0.2, 0.25) is 0 Å². The number of rotatable bonds is 10. The van der Waals surface area contributed by atoms with E-state index in [0.717, 1.165) is 17.8 Å². The summed E-state index contributed by atoms with van der Waals surface area (Å²) in [6.45, 7) is 9.12. The molecule has 0 aliphatic heterocycles. The molecule has 0 aromatic carbocycles. The summed E-state index contributed by atoms with van der Waals surface area (Å²) in [6.07, 6.45) is 8.11. The summed E-state index contributed by atoms with van der Waals surface area (Å²) in [6, 6.07) is 0. The minimum Gasteiger partial charge on any atom is -0.454 e. The molecule has 0 heterocycles. The molecule has 0 aromatic heterocycles. The van der Waals surface area contributed by atoms with Gasteiger partial charge in [0.15, 0.2) is 6.61 Å². The van der Waals surface area contributed by atoms with Gasteiger partial charge in [0.2, 0.25) is 5.91 Å². The number of hydrogen-bond donors (Lipinski definition) is 1. The lowest BCUT2D eigenvalue weighted by atomic mass is 9.49. The van der Waals surface area contributed by atoms with Crippen molar-refractivity contribution in [1.82, 2.24) is 10.2 Å². The topological polar surface area (TPSA) is 75.7 Å². The second kappa shape index (κ2) is 9.69. The molecular formula is C24H40N2O4. The third kappa shape index (κ3) is 6.21. The van der Waals surface area contributed by atoms with E-state index in [2.05, 4.69) is 33.0 Å². The number of ether oxygens (including phenoxy) is 1. The van der Waals surface area contributed by atoms with Gasteiger partial charge in [-0.1, -0.05) is 27.7 Å². The molecule has 6 heteroatoms. The molecule has 4 fully saturated rings. The molecule has 4 aliphatic rings. The second-order valence-electron chi connectivity index (χ2n) is 11.1. The number of carbonyl (C=O) groups is 3. The third-order valence-corrected chi connectivity index (χ3v) is 7.01. The fraction of sp³-hybridized carbons (Fsp3) is 0.875. The van der Waals surface area contributed by atoms with Gasteiger partial charge in [-0.05, 0) is 73.5 Å². The average molecular weight is 421 g/mol. The van der Waals surface area contributed by atoms with Gasteiger partial charge in [0.05, 0.1) is 0 Å². The van der Waals surface area contributed by atoms with E-state index in [-0.39, 0.29) is 30.4 Å². The highest BCUT2D eigenvalue weighted by atomic mass is 16.5. The van der Waals surface area contributed by atoms with Crippen LogP contribution in [0.5, 0.6) is 0 Å². The zero-order valence-corrected chi connectivity index (χ0v) is 19.2. The summed E-state index contributed by atoms with van der Waals surface area (Å²) in [5, 5.41) is 2.74. The molecule has 0 unspecified atom stereocenters. The molecule has 4 rings (SSSR count). The van der Waals surface area contributed by atoms with Crippen molar-refractivity contribution in [3.05, 3.63) is 0 Å². The van der Waals surface area contributed by atoms with Crippen LogP contribution < -0.4 is 5.32 Å². The smallest absolute Gasteiger partial charge is 0.325 e. The van der Waals surface area contributed by atoms with Crippen LogP contribution in [0.4, 0.5) is 0 Å². The summed E-state index contributed by atoms with van der Waals surface area (Å²) < 4.78 is 5.15. The molecule has 4 aliphatic carbocycles. The van der Waals surface area contributed by atoms with Crippen molar-refractivity contribution in [3.63, 3.8) is 0 Å². The van der Waals surface area contributed by atoms with Crippen LogP contribution >= 0.6 is 0 Å². The Morgan fingerprint density at radius 2 is 1.43 bits per heavy atom. The van der Waals surface area contributed by atoms with Crippen LogP contribution in [0.3, 0.4) is 0 Å². The Morgan fingerprint density at radius 3 is 1.90 bits per heavy atom. The third-order valence-electron chi connectivity index (χ3n) is 7.01. The van der Waals surface area contributed by atoms with Gasteiger partial charge in [-0.3, -0.25) is 14.4 Å². The first-order valence-corrected chi connectivity index (χ1v) is 11.8.